The Kier molecular flexibility index (Phi) is 3.57. The Balaban J connectivity index is 2.15. The molecule has 2 N–H and O–H groups in total. The number of para-hydroxylation sites is 2. The third-order valence-electron chi connectivity index (χ3n) is 3.04. The van der Waals surface area contributed by atoms with Crippen LogP contribution in [0.15, 0.2) is 46.9 Å². The zero-order chi connectivity index (χ0) is 14.8. The third kappa shape index (κ3) is 2.47. The summed E-state index contributed by atoms with van der Waals surface area (Å²) in [4.78, 5) is 0. The van der Waals surface area contributed by atoms with E-state index in [4.69, 9.17) is 10.5 Å². The molecule has 3 rings (SSSR count). The number of tetrazole rings is 1. The lowest BCUT2D eigenvalue weighted by Crippen LogP contribution is -2.02. The van der Waals surface area contributed by atoms with Crippen LogP contribution in [0.25, 0.3) is 17.1 Å². The van der Waals surface area contributed by atoms with Crippen LogP contribution in [0.5, 0.6) is 5.75 Å². The van der Waals surface area contributed by atoms with Gasteiger partial charge in [-0.2, -0.15) is 4.68 Å². The van der Waals surface area contributed by atoms with Gasteiger partial charge in [0.1, 0.15) is 11.4 Å². The standard InChI is InChI=1S/C14H12BrN5O/c1-21-13-5-3-2-4-12(13)20-14(17-18-19-20)9-6-7-10(15)11(16)8-9/h2-8H,16H2,1H3. The SMILES string of the molecule is COc1ccccc1-n1nnnc1-c1ccc(Br)c(N)c1. The van der Waals surface area contributed by atoms with Gasteiger partial charge in [-0.05, 0) is 56.7 Å². The maximum atomic E-state index is 5.92. The second-order valence-electron chi connectivity index (χ2n) is 4.32. The zero-order valence-electron chi connectivity index (χ0n) is 11.2. The molecule has 0 fully saturated rings. The zero-order valence-corrected chi connectivity index (χ0v) is 12.8. The van der Waals surface area contributed by atoms with Gasteiger partial charge in [-0.15, -0.1) is 5.10 Å². The van der Waals surface area contributed by atoms with Crippen molar-refractivity contribution in [3.05, 3.63) is 46.9 Å². The topological polar surface area (TPSA) is 78.8 Å². The summed E-state index contributed by atoms with van der Waals surface area (Å²) in [5.74, 6) is 1.29. The van der Waals surface area contributed by atoms with Crippen LogP contribution >= 0.6 is 15.9 Å². The highest BCUT2D eigenvalue weighted by Gasteiger charge is 2.14. The monoisotopic (exact) mass is 345 g/mol. The molecule has 2 aromatic carbocycles. The van der Waals surface area contributed by atoms with Gasteiger partial charge in [-0.1, -0.05) is 12.1 Å². The fraction of sp³-hybridized carbons (Fsp3) is 0.0714. The van der Waals surface area contributed by atoms with Gasteiger partial charge < -0.3 is 10.5 Å². The number of hydrogen-bond acceptors (Lipinski definition) is 5. The minimum absolute atomic E-state index is 0.596. The highest BCUT2D eigenvalue weighted by Crippen LogP contribution is 2.29. The van der Waals surface area contributed by atoms with E-state index >= 15 is 0 Å². The minimum Gasteiger partial charge on any atom is -0.494 e. The van der Waals surface area contributed by atoms with Crippen molar-refractivity contribution in [1.82, 2.24) is 20.2 Å². The van der Waals surface area contributed by atoms with Gasteiger partial charge in [0.2, 0.25) is 0 Å². The molecule has 7 heteroatoms. The number of halogens is 1. The van der Waals surface area contributed by atoms with Gasteiger partial charge in [0.25, 0.3) is 0 Å². The van der Waals surface area contributed by atoms with Crippen molar-refractivity contribution in [3.8, 4) is 22.8 Å². The maximum Gasteiger partial charge on any atom is 0.187 e. The molecular weight excluding hydrogens is 334 g/mol. The molecule has 21 heavy (non-hydrogen) atoms. The summed E-state index contributed by atoms with van der Waals surface area (Å²) < 4.78 is 7.82. The van der Waals surface area contributed by atoms with E-state index in [2.05, 4.69) is 31.5 Å². The molecule has 0 aliphatic rings. The van der Waals surface area contributed by atoms with Crippen LogP contribution in [0.1, 0.15) is 0 Å². The van der Waals surface area contributed by atoms with E-state index in [1.165, 1.54) is 0 Å². The van der Waals surface area contributed by atoms with Gasteiger partial charge >= 0.3 is 0 Å². The number of benzene rings is 2. The summed E-state index contributed by atoms with van der Waals surface area (Å²) in [7, 11) is 1.61. The number of ether oxygens (including phenoxy) is 1. The summed E-state index contributed by atoms with van der Waals surface area (Å²) >= 11 is 3.38. The van der Waals surface area contributed by atoms with Crippen molar-refractivity contribution in [1.29, 1.82) is 0 Å². The second kappa shape index (κ2) is 5.53. The molecule has 1 aromatic heterocycles. The van der Waals surface area contributed by atoms with Crippen LogP contribution in [0.3, 0.4) is 0 Å². The second-order valence-corrected chi connectivity index (χ2v) is 5.18. The summed E-state index contributed by atoms with van der Waals surface area (Å²) in [5.41, 5.74) is 8.14. The molecule has 106 valence electrons. The van der Waals surface area contributed by atoms with Gasteiger partial charge in [-0.3, -0.25) is 0 Å². The fourth-order valence-electron chi connectivity index (χ4n) is 2.02. The summed E-state index contributed by atoms with van der Waals surface area (Å²) in [5, 5.41) is 11.9. The first kappa shape index (κ1) is 13.6. The average molecular weight is 346 g/mol. The number of hydrogen-bond donors (Lipinski definition) is 1. The van der Waals surface area contributed by atoms with Crippen molar-refractivity contribution < 1.29 is 4.74 Å². The lowest BCUT2D eigenvalue weighted by Gasteiger charge is -2.09. The van der Waals surface area contributed by atoms with Crippen molar-refractivity contribution >= 4 is 21.6 Å². The highest BCUT2D eigenvalue weighted by atomic mass is 79.9. The highest BCUT2D eigenvalue weighted by molar-refractivity contribution is 9.10. The van der Waals surface area contributed by atoms with Crippen LogP contribution in [0.2, 0.25) is 0 Å². The lowest BCUT2D eigenvalue weighted by molar-refractivity contribution is 0.411. The van der Waals surface area contributed by atoms with E-state index < -0.39 is 0 Å². The maximum absolute atomic E-state index is 5.92. The van der Waals surface area contributed by atoms with E-state index in [0.29, 0.717) is 17.3 Å². The normalized spacial score (nSPS) is 10.6. The molecule has 1 heterocycles. The summed E-state index contributed by atoms with van der Waals surface area (Å²) in [6.45, 7) is 0. The molecule has 0 saturated carbocycles. The Labute approximate surface area is 129 Å². The number of aromatic nitrogens is 4. The largest absolute Gasteiger partial charge is 0.494 e. The number of nitrogens with zero attached hydrogens (tertiary/aromatic N) is 4. The molecule has 0 amide bonds. The molecule has 0 bridgehead atoms. The smallest absolute Gasteiger partial charge is 0.187 e. The van der Waals surface area contributed by atoms with E-state index in [1.54, 1.807) is 11.8 Å². The molecule has 0 saturated heterocycles. The van der Waals surface area contributed by atoms with Crippen molar-refractivity contribution in [2.75, 3.05) is 12.8 Å². The Morgan fingerprint density at radius 1 is 1.19 bits per heavy atom. The predicted molar refractivity (Wildman–Crippen MR) is 83.3 cm³/mol. The van der Waals surface area contributed by atoms with Crippen LogP contribution in [0.4, 0.5) is 5.69 Å². The molecule has 6 nitrogen and oxygen atoms in total. The van der Waals surface area contributed by atoms with Crippen molar-refractivity contribution in [2.24, 2.45) is 0 Å². The number of nitrogen functional groups attached to an aromatic ring is 1. The van der Waals surface area contributed by atoms with Gasteiger partial charge in [-0.25, -0.2) is 0 Å². The quantitative estimate of drug-likeness (QED) is 0.738. The van der Waals surface area contributed by atoms with Crippen LogP contribution in [-0.4, -0.2) is 27.3 Å². The number of nitrogens with two attached hydrogens (primary N) is 1. The fourth-order valence-corrected chi connectivity index (χ4v) is 2.26. The van der Waals surface area contributed by atoms with Crippen molar-refractivity contribution in [2.45, 2.75) is 0 Å². The van der Waals surface area contributed by atoms with E-state index in [9.17, 15) is 0 Å². The van der Waals surface area contributed by atoms with E-state index in [0.717, 1.165) is 15.7 Å². The molecule has 0 spiro atoms. The Morgan fingerprint density at radius 3 is 2.76 bits per heavy atom. The van der Waals surface area contributed by atoms with Gasteiger partial charge in [0, 0.05) is 15.7 Å². The molecule has 0 unspecified atom stereocenters. The van der Waals surface area contributed by atoms with Crippen LogP contribution < -0.4 is 10.5 Å². The van der Waals surface area contributed by atoms with Gasteiger partial charge in [0.05, 0.1) is 7.11 Å². The summed E-state index contributed by atoms with van der Waals surface area (Å²) in [6, 6.07) is 13.1. The molecule has 0 radical (unpaired) electrons. The van der Waals surface area contributed by atoms with Gasteiger partial charge in [0.15, 0.2) is 5.82 Å². The Bertz CT molecular complexity index is 787. The van der Waals surface area contributed by atoms with E-state index in [1.807, 2.05) is 42.5 Å². The Morgan fingerprint density at radius 2 is 2.00 bits per heavy atom. The number of methoxy groups -OCH3 is 1. The summed E-state index contributed by atoms with van der Waals surface area (Å²) in [6.07, 6.45) is 0. The molecular formula is C14H12BrN5O. The van der Waals surface area contributed by atoms with E-state index in [-0.39, 0.29) is 0 Å². The first-order valence-corrected chi connectivity index (χ1v) is 6.97. The predicted octanol–water partition coefficient (Wildman–Crippen LogP) is 2.68. The average Bonchev–Trinajstić information content (AvgIpc) is 2.99. The third-order valence-corrected chi connectivity index (χ3v) is 3.76. The molecule has 3 aromatic rings. The number of rotatable bonds is 3. The molecule has 0 aliphatic heterocycles. The van der Waals surface area contributed by atoms with Crippen LogP contribution in [0, 0.1) is 0 Å². The molecule has 0 atom stereocenters. The van der Waals surface area contributed by atoms with Crippen molar-refractivity contribution in [3.63, 3.8) is 0 Å². The first-order valence-electron chi connectivity index (χ1n) is 6.18. The Hall–Kier alpha value is -2.41. The minimum atomic E-state index is 0.596. The first-order chi connectivity index (χ1) is 10.2. The van der Waals surface area contributed by atoms with Crippen LogP contribution in [-0.2, 0) is 0 Å². The number of anilines is 1. The lowest BCUT2D eigenvalue weighted by atomic mass is 10.2. The molecule has 0 aliphatic carbocycles.